The molecule has 0 aromatic heterocycles. The van der Waals surface area contributed by atoms with Crippen LogP contribution in [0.3, 0.4) is 0 Å². The minimum Gasteiger partial charge on any atom is -0.494 e. The summed E-state index contributed by atoms with van der Waals surface area (Å²) in [4.78, 5) is 0. The fraction of sp³-hybridized carbons (Fsp3) is 0.576. The first-order chi connectivity index (χ1) is 16.8. The molecule has 1 nitrogen and oxygen atoms in total. The van der Waals surface area contributed by atoms with Crippen LogP contribution in [0.2, 0.25) is 0 Å². The Morgan fingerprint density at radius 1 is 0.676 bits per heavy atom. The second-order valence-corrected chi connectivity index (χ2v) is 10.2. The summed E-state index contributed by atoms with van der Waals surface area (Å²) in [7, 11) is 0. The summed E-state index contributed by atoms with van der Waals surface area (Å²) in [6, 6.07) is 17.2. The average molecular weight is 459 g/mol. The third-order valence-corrected chi connectivity index (χ3v) is 7.32. The molecule has 1 heteroatoms. The van der Waals surface area contributed by atoms with E-state index in [0.29, 0.717) is 5.92 Å². The van der Waals surface area contributed by atoms with Crippen molar-refractivity contribution in [2.75, 3.05) is 6.61 Å². The topological polar surface area (TPSA) is 9.23 Å². The van der Waals surface area contributed by atoms with Crippen LogP contribution in [0.15, 0.2) is 48.5 Å². The van der Waals surface area contributed by atoms with Gasteiger partial charge in [0, 0.05) is 11.5 Å². The summed E-state index contributed by atoms with van der Waals surface area (Å²) in [6.45, 7) is 5.36. The van der Waals surface area contributed by atoms with E-state index >= 15 is 0 Å². The monoisotopic (exact) mass is 458 g/mol. The van der Waals surface area contributed by atoms with Crippen LogP contribution in [-0.2, 0) is 0 Å². The normalized spacial score (nSPS) is 17.7. The highest BCUT2D eigenvalue weighted by Gasteiger charge is 2.19. The van der Waals surface area contributed by atoms with E-state index in [-0.39, 0.29) is 0 Å². The van der Waals surface area contributed by atoms with Gasteiger partial charge in [0.2, 0.25) is 0 Å². The highest BCUT2D eigenvalue weighted by molar-refractivity contribution is 5.65. The van der Waals surface area contributed by atoms with Gasteiger partial charge in [-0.2, -0.15) is 0 Å². The van der Waals surface area contributed by atoms with Crippen LogP contribution < -0.4 is 4.74 Å². The second kappa shape index (κ2) is 15.7. The van der Waals surface area contributed by atoms with Crippen LogP contribution in [0.5, 0.6) is 5.75 Å². The molecule has 1 aliphatic carbocycles. The van der Waals surface area contributed by atoms with Gasteiger partial charge in [0.05, 0.1) is 6.61 Å². The highest BCUT2D eigenvalue weighted by Crippen LogP contribution is 2.32. The maximum atomic E-state index is 5.90. The quantitative estimate of drug-likeness (QED) is 0.214. The molecule has 0 bridgehead atoms. The predicted octanol–water partition coefficient (Wildman–Crippen LogP) is 9.83. The van der Waals surface area contributed by atoms with Crippen molar-refractivity contribution in [2.45, 2.75) is 104 Å². The second-order valence-electron chi connectivity index (χ2n) is 10.2. The molecule has 0 unspecified atom stereocenters. The molecule has 0 aliphatic heterocycles. The minimum atomic E-state index is 0.589. The van der Waals surface area contributed by atoms with Crippen molar-refractivity contribution in [3.63, 3.8) is 0 Å². The van der Waals surface area contributed by atoms with Gasteiger partial charge in [-0.15, -0.1) is 0 Å². The summed E-state index contributed by atoms with van der Waals surface area (Å²) in [5.41, 5.74) is 3.60. The lowest BCUT2D eigenvalue weighted by molar-refractivity contribution is 0.294. The molecule has 1 aliphatic rings. The van der Waals surface area contributed by atoms with E-state index in [1.165, 1.54) is 94.6 Å². The summed E-state index contributed by atoms with van der Waals surface area (Å²) < 4.78 is 5.90. The first-order valence-corrected chi connectivity index (χ1v) is 14.1. The van der Waals surface area contributed by atoms with Crippen LogP contribution in [0.1, 0.15) is 109 Å². The van der Waals surface area contributed by atoms with Gasteiger partial charge < -0.3 is 4.74 Å². The molecule has 2 aromatic rings. The van der Waals surface area contributed by atoms with E-state index in [1.807, 2.05) is 0 Å². The first kappa shape index (κ1) is 26.4. The van der Waals surface area contributed by atoms with E-state index in [2.05, 4.69) is 74.2 Å². The van der Waals surface area contributed by atoms with Gasteiger partial charge in [-0.3, -0.25) is 0 Å². The zero-order valence-corrected chi connectivity index (χ0v) is 21.8. The summed E-state index contributed by atoms with van der Waals surface area (Å²) in [5, 5.41) is 0. The van der Waals surface area contributed by atoms with Crippen molar-refractivity contribution >= 4 is 0 Å². The third-order valence-electron chi connectivity index (χ3n) is 7.32. The van der Waals surface area contributed by atoms with Crippen molar-refractivity contribution in [2.24, 2.45) is 11.8 Å². The Balaban J connectivity index is 1.40. The standard InChI is InChI=1S/C33H46O/c1-3-5-7-9-11-27-34-33-25-23-32(24-26-33)31-21-19-30(20-22-31)18-17-29-15-13-28(14-16-29)12-10-8-6-4-2/h19-26,28-29H,3-16,27H2,1-2H3. The van der Waals surface area contributed by atoms with Crippen molar-refractivity contribution in [3.8, 4) is 28.7 Å². The molecular weight excluding hydrogens is 412 g/mol. The molecule has 0 spiro atoms. The molecule has 0 radical (unpaired) electrons. The molecule has 0 amide bonds. The summed E-state index contributed by atoms with van der Waals surface area (Å²) >= 11 is 0. The van der Waals surface area contributed by atoms with Gasteiger partial charge in [0.25, 0.3) is 0 Å². The Hall–Kier alpha value is -2.20. The lowest BCUT2D eigenvalue weighted by Gasteiger charge is -2.25. The zero-order chi connectivity index (χ0) is 23.8. The van der Waals surface area contributed by atoms with Crippen molar-refractivity contribution < 1.29 is 4.74 Å². The average Bonchev–Trinajstić information content (AvgIpc) is 2.89. The van der Waals surface area contributed by atoms with E-state index in [0.717, 1.165) is 30.3 Å². The van der Waals surface area contributed by atoms with Crippen LogP contribution in [0, 0.1) is 23.7 Å². The summed E-state index contributed by atoms with van der Waals surface area (Å²) in [5.74, 6) is 9.53. The molecule has 0 saturated heterocycles. The fourth-order valence-corrected chi connectivity index (χ4v) is 5.03. The van der Waals surface area contributed by atoms with Crippen LogP contribution in [0.4, 0.5) is 0 Å². The van der Waals surface area contributed by atoms with Crippen molar-refractivity contribution in [3.05, 3.63) is 54.1 Å². The van der Waals surface area contributed by atoms with E-state index in [1.54, 1.807) is 0 Å². The lowest BCUT2D eigenvalue weighted by atomic mass is 9.80. The number of ether oxygens (including phenoxy) is 1. The molecule has 1 fully saturated rings. The minimum absolute atomic E-state index is 0.589. The number of hydrogen-bond acceptors (Lipinski definition) is 1. The highest BCUT2D eigenvalue weighted by atomic mass is 16.5. The molecule has 1 saturated carbocycles. The number of benzene rings is 2. The van der Waals surface area contributed by atoms with Gasteiger partial charge in [-0.1, -0.05) is 108 Å². The van der Waals surface area contributed by atoms with Gasteiger partial charge in [-0.05, 0) is 73.4 Å². The smallest absolute Gasteiger partial charge is 0.119 e. The fourth-order valence-electron chi connectivity index (χ4n) is 5.03. The van der Waals surface area contributed by atoms with Gasteiger partial charge >= 0.3 is 0 Å². The largest absolute Gasteiger partial charge is 0.494 e. The molecule has 3 rings (SSSR count). The molecular formula is C33H46O. The Morgan fingerprint density at radius 2 is 1.26 bits per heavy atom. The third kappa shape index (κ3) is 9.58. The van der Waals surface area contributed by atoms with Gasteiger partial charge in [0.1, 0.15) is 5.75 Å². The maximum Gasteiger partial charge on any atom is 0.119 e. The van der Waals surface area contributed by atoms with E-state index in [4.69, 9.17) is 4.74 Å². The van der Waals surface area contributed by atoms with Crippen LogP contribution >= 0.6 is 0 Å². The Morgan fingerprint density at radius 3 is 1.91 bits per heavy atom. The lowest BCUT2D eigenvalue weighted by Crippen LogP contribution is -2.13. The SMILES string of the molecule is CCCCCCCOc1ccc(-c2ccc(C#CC3CCC(CCCCCC)CC3)cc2)cc1. The Labute approximate surface area is 209 Å². The van der Waals surface area contributed by atoms with Gasteiger partial charge in [-0.25, -0.2) is 0 Å². The number of unbranched alkanes of at least 4 members (excludes halogenated alkanes) is 7. The number of hydrogen-bond donors (Lipinski definition) is 0. The molecule has 184 valence electrons. The number of rotatable bonds is 13. The Bertz CT molecular complexity index is 844. The van der Waals surface area contributed by atoms with Crippen LogP contribution in [-0.4, -0.2) is 6.61 Å². The molecule has 2 aromatic carbocycles. The predicted molar refractivity (Wildman–Crippen MR) is 147 cm³/mol. The van der Waals surface area contributed by atoms with E-state index < -0.39 is 0 Å². The molecule has 0 heterocycles. The Kier molecular flexibility index (Phi) is 12.2. The first-order valence-electron chi connectivity index (χ1n) is 14.1. The molecule has 0 N–H and O–H groups in total. The van der Waals surface area contributed by atoms with Gasteiger partial charge in [0.15, 0.2) is 0 Å². The van der Waals surface area contributed by atoms with Crippen LogP contribution in [0.25, 0.3) is 11.1 Å². The summed E-state index contributed by atoms with van der Waals surface area (Å²) in [6.07, 6.45) is 18.7. The molecule has 34 heavy (non-hydrogen) atoms. The maximum absolute atomic E-state index is 5.90. The van der Waals surface area contributed by atoms with Crippen molar-refractivity contribution in [1.29, 1.82) is 0 Å². The molecule has 0 atom stereocenters. The van der Waals surface area contributed by atoms with E-state index in [9.17, 15) is 0 Å². The zero-order valence-electron chi connectivity index (χ0n) is 21.8. The van der Waals surface area contributed by atoms with Crippen molar-refractivity contribution in [1.82, 2.24) is 0 Å².